The smallest absolute Gasteiger partial charge is 0.261 e. The first kappa shape index (κ1) is 20.4. The SMILES string of the molecule is Cc1nn(C2CCOCC2)c2sc(C(=O)N[C@H]3CC[C@H](N4CCOCC4)CC3)cc12. The summed E-state index contributed by atoms with van der Waals surface area (Å²) in [6, 6.07) is 3.35. The number of nitrogens with one attached hydrogen (secondary N) is 1. The van der Waals surface area contributed by atoms with Gasteiger partial charge >= 0.3 is 0 Å². The number of carbonyl (C=O) groups is 1. The average Bonchev–Trinajstić information content (AvgIpc) is 3.36. The van der Waals surface area contributed by atoms with E-state index in [0.29, 0.717) is 12.1 Å². The summed E-state index contributed by atoms with van der Waals surface area (Å²) >= 11 is 1.58. The zero-order chi connectivity index (χ0) is 20.5. The molecule has 0 unspecified atom stereocenters. The first-order valence-electron chi connectivity index (χ1n) is 11.4. The number of nitrogens with zero attached hydrogens (tertiary/aromatic N) is 3. The van der Waals surface area contributed by atoms with Crippen LogP contribution in [0.2, 0.25) is 0 Å². The van der Waals surface area contributed by atoms with Crippen molar-refractivity contribution in [3.05, 3.63) is 16.6 Å². The molecule has 1 amide bonds. The molecule has 3 aliphatic rings. The monoisotopic (exact) mass is 432 g/mol. The summed E-state index contributed by atoms with van der Waals surface area (Å²) < 4.78 is 13.1. The molecule has 30 heavy (non-hydrogen) atoms. The Bertz CT molecular complexity index is 874. The molecule has 3 fully saturated rings. The third-order valence-electron chi connectivity index (χ3n) is 6.92. The van der Waals surface area contributed by atoms with Gasteiger partial charge in [0.1, 0.15) is 4.83 Å². The Kier molecular flexibility index (Phi) is 6.09. The van der Waals surface area contributed by atoms with Crippen molar-refractivity contribution >= 4 is 27.5 Å². The molecule has 4 heterocycles. The van der Waals surface area contributed by atoms with E-state index in [0.717, 1.165) is 98.8 Å². The van der Waals surface area contributed by atoms with Gasteiger partial charge in [-0.05, 0) is 51.5 Å². The van der Waals surface area contributed by atoms with E-state index in [1.165, 1.54) is 0 Å². The molecule has 0 radical (unpaired) electrons. The summed E-state index contributed by atoms with van der Waals surface area (Å²) in [5.41, 5.74) is 1.01. The van der Waals surface area contributed by atoms with E-state index in [2.05, 4.69) is 14.9 Å². The zero-order valence-electron chi connectivity index (χ0n) is 17.8. The van der Waals surface area contributed by atoms with Crippen molar-refractivity contribution in [1.29, 1.82) is 0 Å². The lowest BCUT2D eigenvalue weighted by molar-refractivity contribution is 0.00665. The number of morpholine rings is 1. The molecule has 1 N–H and O–H groups in total. The summed E-state index contributed by atoms with van der Waals surface area (Å²) in [6.45, 7) is 7.42. The predicted molar refractivity (Wildman–Crippen MR) is 117 cm³/mol. The second-order valence-corrected chi connectivity index (χ2v) is 9.86. The van der Waals surface area contributed by atoms with Crippen molar-refractivity contribution < 1.29 is 14.3 Å². The molecule has 1 aliphatic carbocycles. The van der Waals surface area contributed by atoms with Crippen LogP contribution in [0.3, 0.4) is 0 Å². The second kappa shape index (κ2) is 8.94. The van der Waals surface area contributed by atoms with Gasteiger partial charge in [0, 0.05) is 43.8 Å². The fourth-order valence-corrected chi connectivity index (χ4v) is 6.28. The van der Waals surface area contributed by atoms with Crippen molar-refractivity contribution in [2.45, 2.75) is 63.6 Å². The maximum Gasteiger partial charge on any atom is 0.261 e. The van der Waals surface area contributed by atoms with Gasteiger partial charge < -0.3 is 14.8 Å². The van der Waals surface area contributed by atoms with Crippen molar-refractivity contribution in [2.24, 2.45) is 0 Å². The van der Waals surface area contributed by atoms with E-state index in [-0.39, 0.29) is 11.9 Å². The van der Waals surface area contributed by atoms with Crippen LogP contribution in [0.5, 0.6) is 0 Å². The normalized spacial score (nSPS) is 26.8. The Morgan fingerprint density at radius 1 is 1.03 bits per heavy atom. The molecule has 7 nitrogen and oxygen atoms in total. The van der Waals surface area contributed by atoms with Gasteiger partial charge in [-0.3, -0.25) is 14.4 Å². The lowest BCUT2D eigenvalue weighted by atomic mass is 9.90. The highest BCUT2D eigenvalue weighted by Gasteiger charge is 2.29. The Morgan fingerprint density at radius 2 is 1.73 bits per heavy atom. The van der Waals surface area contributed by atoms with Crippen LogP contribution in [0.4, 0.5) is 0 Å². The minimum atomic E-state index is 0.0731. The summed E-state index contributed by atoms with van der Waals surface area (Å²) in [7, 11) is 0. The highest BCUT2D eigenvalue weighted by molar-refractivity contribution is 7.20. The van der Waals surface area contributed by atoms with E-state index < -0.39 is 0 Å². The number of aryl methyl sites for hydroxylation is 1. The summed E-state index contributed by atoms with van der Waals surface area (Å²) in [5.74, 6) is 0.0731. The molecule has 2 aromatic heterocycles. The molecule has 8 heteroatoms. The largest absolute Gasteiger partial charge is 0.381 e. The van der Waals surface area contributed by atoms with Gasteiger partial charge in [-0.2, -0.15) is 5.10 Å². The molecule has 0 bridgehead atoms. The average molecular weight is 433 g/mol. The number of hydrogen-bond acceptors (Lipinski definition) is 6. The molecular formula is C22H32N4O3S. The van der Waals surface area contributed by atoms with Gasteiger partial charge in [0.2, 0.25) is 0 Å². The highest BCUT2D eigenvalue weighted by atomic mass is 32.1. The maximum atomic E-state index is 13.0. The Morgan fingerprint density at radius 3 is 2.47 bits per heavy atom. The van der Waals surface area contributed by atoms with Crippen LogP contribution >= 0.6 is 11.3 Å². The number of hydrogen-bond donors (Lipinski definition) is 1. The molecule has 164 valence electrons. The molecule has 2 aromatic rings. The van der Waals surface area contributed by atoms with Crippen molar-refractivity contribution in [3.63, 3.8) is 0 Å². The van der Waals surface area contributed by atoms with Gasteiger partial charge in [-0.1, -0.05) is 0 Å². The third-order valence-corrected chi connectivity index (χ3v) is 8.05. The number of ether oxygens (including phenoxy) is 2. The number of amides is 1. The number of rotatable bonds is 4. The molecular weight excluding hydrogens is 400 g/mol. The first-order valence-corrected chi connectivity index (χ1v) is 12.2. The topological polar surface area (TPSA) is 68.6 Å². The van der Waals surface area contributed by atoms with E-state index in [9.17, 15) is 4.79 Å². The number of thiophene rings is 1. The zero-order valence-corrected chi connectivity index (χ0v) is 18.6. The van der Waals surface area contributed by atoms with Crippen LogP contribution in [0.1, 0.15) is 59.9 Å². The third kappa shape index (κ3) is 4.15. The Hall–Kier alpha value is -1.48. The maximum absolute atomic E-state index is 13.0. The van der Waals surface area contributed by atoms with Gasteiger partial charge in [-0.25, -0.2) is 0 Å². The van der Waals surface area contributed by atoms with Crippen LogP contribution in [0.25, 0.3) is 10.2 Å². The highest BCUT2D eigenvalue weighted by Crippen LogP contribution is 2.33. The van der Waals surface area contributed by atoms with Crippen molar-refractivity contribution in [1.82, 2.24) is 20.0 Å². The molecule has 0 spiro atoms. The minimum absolute atomic E-state index is 0.0731. The summed E-state index contributed by atoms with van der Waals surface area (Å²) in [5, 5.41) is 9.19. The van der Waals surface area contributed by atoms with E-state index in [1.54, 1.807) is 11.3 Å². The molecule has 1 saturated carbocycles. The molecule has 0 aromatic carbocycles. The quantitative estimate of drug-likeness (QED) is 0.804. The van der Waals surface area contributed by atoms with Gasteiger partial charge in [0.05, 0.1) is 29.8 Å². The van der Waals surface area contributed by atoms with Crippen LogP contribution in [0, 0.1) is 6.92 Å². The van der Waals surface area contributed by atoms with E-state index >= 15 is 0 Å². The molecule has 0 atom stereocenters. The van der Waals surface area contributed by atoms with Crippen LogP contribution in [0.15, 0.2) is 6.07 Å². The van der Waals surface area contributed by atoms with Crippen LogP contribution < -0.4 is 5.32 Å². The van der Waals surface area contributed by atoms with E-state index in [1.807, 2.05) is 13.0 Å². The van der Waals surface area contributed by atoms with Gasteiger partial charge in [0.15, 0.2) is 0 Å². The second-order valence-electron chi connectivity index (χ2n) is 8.83. The fourth-order valence-electron chi connectivity index (χ4n) is 5.15. The fraction of sp³-hybridized carbons (Fsp3) is 0.727. The standard InChI is InChI=1S/C22H32N4O3S/c1-15-19-14-20(30-22(19)26(24-15)18-6-10-28-11-7-18)21(27)23-16-2-4-17(5-3-16)25-8-12-29-13-9-25/h14,16-18H,2-13H2,1H3,(H,23,27)/t16-,17-. The first-order chi connectivity index (χ1) is 14.7. The molecule has 5 rings (SSSR count). The number of fused-ring (bicyclic) bond motifs is 1. The van der Waals surface area contributed by atoms with E-state index in [4.69, 9.17) is 14.6 Å². The lowest BCUT2D eigenvalue weighted by Gasteiger charge is -2.38. The molecule has 2 saturated heterocycles. The lowest BCUT2D eigenvalue weighted by Crippen LogP contribution is -2.47. The number of carbonyl (C=O) groups excluding carboxylic acids is 1. The summed E-state index contributed by atoms with van der Waals surface area (Å²) in [6.07, 6.45) is 6.43. The minimum Gasteiger partial charge on any atom is -0.381 e. The summed E-state index contributed by atoms with van der Waals surface area (Å²) in [4.78, 5) is 17.5. The van der Waals surface area contributed by atoms with Gasteiger partial charge in [0.25, 0.3) is 5.91 Å². The molecule has 2 aliphatic heterocycles. The van der Waals surface area contributed by atoms with Crippen molar-refractivity contribution in [3.8, 4) is 0 Å². The van der Waals surface area contributed by atoms with Crippen molar-refractivity contribution in [2.75, 3.05) is 39.5 Å². The Labute approximate surface area is 181 Å². The Balaban J connectivity index is 1.22. The van der Waals surface area contributed by atoms with Crippen LogP contribution in [-0.2, 0) is 9.47 Å². The number of aromatic nitrogens is 2. The predicted octanol–water partition coefficient (Wildman–Crippen LogP) is 3.13. The van der Waals surface area contributed by atoms with Crippen LogP contribution in [-0.4, -0.2) is 72.2 Å². The van der Waals surface area contributed by atoms with Gasteiger partial charge in [-0.15, -0.1) is 11.3 Å².